The highest BCUT2D eigenvalue weighted by atomic mass is 16.5. The summed E-state index contributed by atoms with van der Waals surface area (Å²) in [4.78, 5) is 21.0. The maximum absolute atomic E-state index is 10.8. The fraction of sp³-hybridized carbons (Fsp3) is 0.467. The second-order valence-corrected chi connectivity index (χ2v) is 4.98. The Balaban J connectivity index is 0.000000136. The number of methoxy groups -OCH3 is 1. The number of hydrogen-bond donors (Lipinski definition) is 0. The molecule has 0 spiro atoms. The molecule has 0 saturated heterocycles. The van der Waals surface area contributed by atoms with Gasteiger partial charge < -0.3 is 9.53 Å². The third kappa shape index (κ3) is 3.19. The number of aldehydes is 1. The quantitative estimate of drug-likeness (QED) is 0.595. The Kier molecular flexibility index (Phi) is 4.13. The smallest absolute Gasteiger partial charge is 0.337 e. The summed E-state index contributed by atoms with van der Waals surface area (Å²) < 4.78 is 4.50. The van der Waals surface area contributed by atoms with Crippen molar-refractivity contribution in [2.75, 3.05) is 7.11 Å². The molecular weight excluding hydrogens is 228 g/mol. The SMILES string of the molecule is COC(=O)c1ccccc1.O=CC1CC2CC2C1. The molecule has 3 rings (SSSR count). The minimum absolute atomic E-state index is 0.291. The van der Waals surface area contributed by atoms with E-state index in [9.17, 15) is 9.59 Å². The maximum Gasteiger partial charge on any atom is 0.337 e. The average molecular weight is 246 g/mol. The molecule has 0 amide bonds. The number of hydrogen-bond acceptors (Lipinski definition) is 3. The van der Waals surface area contributed by atoms with Crippen LogP contribution in [0.15, 0.2) is 30.3 Å². The van der Waals surface area contributed by atoms with E-state index in [4.69, 9.17) is 0 Å². The lowest BCUT2D eigenvalue weighted by molar-refractivity contribution is -0.111. The Labute approximate surface area is 107 Å². The lowest BCUT2D eigenvalue weighted by Gasteiger charge is -1.97. The highest BCUT2D eigenvalue weighted by Gasteiger charge is 2.45. The van der Waals surface area contributed by atoms with E-state index < -0.39 is 0 Å². The number of ether oxygens (including phenoxy) is 1. The van der Waals surface area contributed by atoms with Crippen LogP contribution in [0.5, 0.6) is 0 Å². The molecule has 1 aromatic carbocycles. The summed E-state index contributed by atoms with van der Waals surface area (Å²) in [7, 11) is 1.37. The highest BCUT2D eigenvalue weighted by molar-refractivity contribution is 5.89. The van der Waals surface area contributed by atoms with Crippen molar-refractivity contribution in [2.24, 2.45) is 17.8 Å². The van der Waals surface area contributed by atoms with Crippen LogP contribution < -0.4 is 0 Å². The topological polar surface area (TPSA) is 43.4 Å². The fourth-order valence-corrected chi connectivity index (χ4v) is 2.56. The molecule has 3 nitrogen and oxygen atoms in total. The molecule has 2 aliphatic carbocycles. The highest BCUT2D eigenvalue weighted by Crippen LogP contribution is 2.53. The van der Waals surface area contributed by atoms with Crippen molar-refractivity contribution in [3.63, 3.8) is 0 Å². The van der Waals surface area contributed by atoms with Crippen LogP contribution in [0.1, 0.15) is 29.6 Å². The Hall–Kier alpha value is -1.64. The fourth-order valence-electron chi connectivity index (χ4n) is 2.56. The van der Waals surface area contributed by atoms with Gasteiger partial charge in [-0.1, -0.05) is 18.2 Å². The van der Waals surface area contributed by atoms with Gasteiger partial charge in [0.1, 0.15) is 6.29 Å². The summed E-state index contributed by atoms with van der Waals surface area (Å²) in [5.74, 6) is 2.08. The largest absolute Gasteiger partial charge is 0.465 e. The van der Waals surface area contributed by atoms with E-state index in [1.165, 1.54) is 26.4 Å². The molecular formula is C15H18O3. The Morgan fingerprint density at radius 1 is 1.17 bits per heavy atom. The van der Waals surface area contributed by atoms with Gasteiger partial charge in [0.05, 0.1) is 12.7 Å². The molecule has 96 valence electrons. The second-order valence-electron chi connectivity index (χ2n) is 4.98. The first-order chi connectivity index (χ1) is 8.74. The standard InChI is InChI=1S/C8H8O2.C7H10O/c1-10-8(9)7-5-3-2-4-6-7;8-4-5-1-6-3-7(6)2-5/h2-6H,1H3;4-7H,1-3H2. The first-order valence-electron chi connectivity index (χ1n) is 6.33. The molecule has 3 heteroatoms. The number of carbonyl (C=O) groups is 2. The predicted octanol–water partition coefficient (Wildman–Crippen LogP) is 2.70. The van der Waals surface area contributed by atoms with Gasteiger partial charge in [-0.15, -0.1) is 0 Å². The average Bonchev–Trinajstić information content (AvgIpc) is 3.06. The van der Waals surface area contributed by atoms with Gasteiger partial charge in [0.25, 0.3) is 0 Å². The zero-order chi connectivity index (χ0) is 13.0. The van der Waals surface area contributed by atoms with Crippen LogP contribution >= 0.6 is 0 Å². The monoisotopic (exact) mass is 246 g/mol. The molecule has 2 saturated carbocycles. The number of rotatable bonds is 2. The summed E-state index contributed by atoms with van der Waals surface area (Å²) in [5, 5.41) is 0. The molecule has 0 radical (unpaired) electrons. The predicted molar refractivity (Wildman–Crippen MR) is 68.2 cm³/mol. The van der Waals surface area contributed by atoms with Crippen LogP contribution in [-0.4, -0.2) is 19.4 Å². The first-order valence-corrected chi connectivity index (χ1v) is 6.33. The third-order valence-corrected chi connectivity index (χ3v) is 3.67. The van der Waals surface area contributed by atoms with Crippen LogP contribution in [0.3, 0.4) is 0 Å². The van der Waals surface area contributed by atoms with E-state index >= 15 is 0 Å². The van der Waals surface area contributed by atoms with Crippen molar-refractivity contribution in [1.82, 2.24) is 0 Å². The number of carbonyl (C=O) groups excluding carboxylic acids is 2. The minimum Gasteiger partial charge on any atom is -0.465 e. The molecule has 0 aromatic heterocycles. The molecule has 2 atom stereocenters. The Morgan fingerprint density at radius 2 is 1.78 bits per heavy atom. The molecule has 2 unspecified atom stereocenters. The van der Waals surface area contributed by atoms with Crippen molar-refractivity contribution in [2.45, 2.75) is 19.3 Å². The second kappa shape index (κ2) is 5.80. The summed E-state index contributed by atoms with van der Waals surface area (Å²) in [6, 6.07) is 8.88. The van der Waals surface area contributed by atoms with Crippen molar-refractivity contribution in [1.29, 1.82) is 0 Å². The molecule has 2 aliphatic rings. The van der Waals surface area contributed by atoms with E-state index in [2.05, 4.69) is 4.74 Å². The molecule has 0 bridgehead atoms. The minimum atomic E-state index is -0.291. The molecule has 0 N–H and O–H groups in total. The third-order valence-electron chi connectivity index (χ3n) is 3.67. The molecule has 0 heterocycles. The van der Waals surface area contributed by atoms with E-state index in [0.29, 0.717) is 11.5 Å². The zero-order valence-electron chi connectivity index (χ0n) is 10.5. The van der Waals surface area contributed by atoms with Gasteiger partial charge in [0, 0.05) is 5.92 Å². The molecule has 18 heavy (non-hydrogen) atoms. The van der Waals surface area contributed by atoms with Crippen molar-refractivity contribution >= 4 is 12.3 Å². The van der Waals surface area contributed by atoms with Crippen molar-refractivity contribution in [3.05, 3.63) is 35.9 Å². The van der Waals surface area contributed by atoms with Crippen LogP contribution in [0.4, 0.5) is 0 Å². The van der Waals surface area contributed by atoms with Gasteiger partial charge in [-0.2, -0.15) is 0 Å². The summed E-state index contributed by atoms with van der Waals surface area (Å²) in [6.45, 7) is 0. The van der Waals surface area contributed by atoms with Gasteiger partial charge >= 0.3 is 5.97 Å². The van der Waals surface area contributed by atoms with Gasteiger partial charge in [0.2, 0.25) is 0 Å². The Morgan fingerprint density at radius 3 is 2.22 bits per heavy atom. The molecule has 2 fully saturated rings. The lowest BCUT2D eigenvalue weighted by atomic mass is 10.1. The van der Waals surface area contributed by atoms with Crippen LogP contribution in [0, 0.1) is 17.8 Å². The van der Waals surface area contributed by atoms with Crippen LogP contribution in [-0.2, 0) is 9.53 Å². The van der Waals surface area contributed by atoms with Crippen LogP contribution in [0.25, 0.3) is 0 Å². The maximum atomic E-state index is 10.8. The Bertz CT molecular complexity index is 403. The van der Waals surface area contributed by atoms with Gasteiger partial charge in [-0.05, 0) is 43.2 Å². The molecule has 0 aliphatic heterocycles. The molecule has 1 aromatic rings. The normalized spacial score (nSPS) is 27.5. The van der Waals surface area contributed by atoms with E-state index in [1.807, 2.05) is 6.07 Å². The van der Waals surface area contributed by atoms with Crippen LogP contribution in [0.2, 0.25) is 0 Å². The van der Waals surface area contributed by atoms with E-state index in [1.54, 1.807) is 24.3 Å². The summed E-state index contributed by atoms with van der Waals surface area (Å²) in [6.07, 6.45) is 4.96. The lowest BCUT2D eigenvalue weighted by Crippen LogP contribution is -1.99. The van der Waals surface area contributed by atoms with Gasteiger partial charge in [0.15, 0.2) is 0 Å². The van der Waals surface area contributed by atoms with Crippen molar-refractivity contribution < 1.29 is 14.3 Å². The van der Waals surface area contributed by atoms with Crippen molar-refractivity contribution in [3.8, 4) is 0 Å². The number of benzene rings is 1. The summed E-state index contributed by atoms with van der Waals surface area (Å²) >= 11 is 0. The zero-order valence-corrected chi connectivity index (χ0v) is 10.5. The van der Waals surface area contributed by atoms with Gasteiger partial charge in [-0.25, -0.2) is 4.79 Å². The van der Waals surface area contributed by atoms with E-state index in [-0.39, 0.29) is 5.97 Å². The number of esters is 1. The summed E-state index contributed by atoms with van der Waals surface area (Å²) in [5.41, 5.74) is 0.588. The van der Waals surface area contributed by atoms with Gasteiger partial charge in [-0.3, -0.25) is 0 Å². The first kappa shape index (κ1) is 12.8. The van der Waals surface area contributed by atoms with E-state index in [0.717, 1.165) is 18.1 Å². The number of fused-ring (bicyclic) bond motifs is 1.